The van der Waals surface area contributed by atoms with Crippen molar-refractivity contribution in [1.82, 2.24) is 13.7 Å². The summed E-state index contributed by atoms with van der Waals surface area (Å²) in [5.41, 5.74) is 9.01. The molecule has 0 saturated heterocycles. The Morgan fingerprint density at radius 1 is 1.00 bits per heavy atom. The van der Waals surface area contributed by atoms with Gasteiger partial charge >= 0.3 is 0 Å². The van der Waals surface area contributed by atoms with Gasteiger partial charge < -0.3 is 5.73 Å². The van der Waals surface area contributed by atoms with E-state index in [1.807, 2.05) is 50.2 Å². The van der Waals surface area contributed by atoms with Crippen molar-refractivity contribution in [2.75, 3.05) is 13.1 Å². The van der Waals surface area contributed by atoms with Crippen LogP contribution in [0.2, 0.25) is 0 Å². The van der Waals surface area contributed by atoms with Crippen LogP contribution in [0, 0.1) is 6.92 Å². The fourth-order valence-electron chi connectivity index (χ4n) is 4.45. The van der Waals surface area contributed by atoms with Crippen LogP contribution in [0.4, 0.5) is 0 Å². The summed E-state index contributed by atoms with van der Waals surface area (Å²) >= 11 is 0. The van der Waals surface area contributed by atoms with Gasteiger partial charge in [-0.15, -0.1) is 0 Å². The van der Waals surface area contributed by atoms with Crippen LogP contribution in [0.25, 0.3) is 5.65 Å². The Balaban J connectivity index is 1.92. The first-order valence-corrected chi connectivity index (χ1v) is 13.6. The maximum atomic E-state index is 13.9. The van der Waals surface area contributed by atoms with Gasteiger partial charge in [-0.1, -0.05) is 61.0 Å². The highest BCUT2D eigenvalue weighted by Gasteiger charge is 2.34. The highest BCUT2D eigenvalue weighted by atomic mass is 32.2. The molecule has 188 valence electrons. The van der Waals surface area contributed by atoms with E-state index in [-0.39, 0.29) is 17.0 Å². The summed E-state index contributed by atoms with van der Waals surface area (Å²) in [4.78, 5) is 18.8. The van der Waals surface area contributed by atoms with Crippen LogP contribution in [0.15, 0.2) is 88.7 Å². The Kier molecular flexibility index (Phi) is 7.98. The van der Waals surface area contributed by atoms with Crippen LogP contribution in [-0.2, 0) is 16.4 Å². The van der Waals surface area contributed by atoms with Gasteiger partial charge in [-0.05, 0) is 56.1 Å². The summed E-state index contributed by atoms with van der Waals surface area (Å²) < 4.78 is 30.8. The number of aromatic nitrogens is 2. The molecule has 0 aliphatic heterocycles. The molecule has 0 saturated carbocycles. The number of sulfonamides is 1. The van der Waals surface area contributed by atoms with E-state index in [0.29, 0.717) is 42.7 Å². The Morgan fingerprint density at radius 3 is 2.36 bits per heavy atom. The lowest BCUT2D eigenvalue weighted by Crippen LogP contribution is -2.38. The van der Waals surface area contributed by atoms with Crippen LogP contribution in [-0.4, -0.2) is 35.2 Å². The molecule has 1 atom stereocenters. The smallest absolute Gasteiger partial charge is 0.261 e. The van der Waals surface area contributed by atoms with Crippen molar-refractivity contribution < 1.29 is 8.42 Å². The molecule has 2 N–H and O–H groups in total. The maximum Gasteiger partial charge on any atom is 0.261 e. The highest BCUT2D eigenvalue weighted by Crippen LogP contribution is 2.32. The Hall–Kier alpha value is -3.33. The van der Waals surface area contributed by atoms with Crippen LogP contribution >= 0.6 is 0 Å². The molecule has 1 unspecified atom stereocenters. The number of pyridine rings is 1. The van der Waals surface area contributed by atoms with E-state index in [0.717, 1.165) is 11.1 Å². The lowest BCUT2D eigenvalue weighted by atomic mass is 9.99. The normalized spacial score (nSPS) is 12.8. The minimum atomic E-state index is -3.88. The van der Waals surface area contributed by atoms with Gasteiger partial charge in [0.25, 0.3) is 5.56 Å². The molecule has 0 aliphatic carbocycles. The Labute approximate surface area is 212 Å². The number of rotatable bonds is 10. The minimum Gasteiger partial charge on any atom is -0.330 e. The monoisotopic (exact) mass is 504 g/mol. The van der Waals surface area contributed by atoms with E-state index in [2.05, 4.69) is 0 Å². The second-order valence-electron chi connectivity index (χ2n) is 8.87. The number of benzene rings is 2. The van der Waals surface area contributed by atoms with Crippen molar-refractivity contribution in [1.29, 1.82) is 0 Å². The highest BCUT2D eigenvalue weighted by molar-refractivity contribution is 7.89. The third-order valence-corrected chi connectivity index (χ3v) is 8.27. The zero-order valence-corrected chi connectivity index (χ0v) is 21.5. The molecule has 2 heterocycles. The summed E-state index contributed by atoms with van der Waals surface area (Å²) in [6.07, 6.45) is 2.99. The number of nitrogens with two attached hydrogens (primary N) is 1. The second-order valence-corrected chi connectivity index (χ2v) is 10.8. The summed E-state index contributed by atoms with van der Waals surface area (Å²) in [6, 6.07) is 21.3. The van der Waals surface area contributed by atoms with E-state index >= 15 is 0 Å². The van der Waals surface area contributed by atoms with Gasteiger partial charge in [-0.25, -0.2) is 13.4 Å². The van der Waals surface area contributed by atoms with Gasteiger partial charge in [0.1, 0.15) is 5.65 Å². The first-order valence-electron chi connectivity index (χ1n) is 12.2. The molecule has 4 rings (SSSR count). The summed E-state index contributed by atoms with van der Waals surface area (Å²) in [6.45, 7) is 4.41. The molecule has 2 aromatic heterocycles. The molecule has 4 aromatic rings. The van der Waals surface area contributed by atoms with E-state index in [1.165, 1.54) is 8.71 Å². The first-order chi connectivity index (χ1) is 17.4. The third-order valence-electron chi connectivity index (χ3n) is 6.34. The van der Waals surface area contributed by atoms with Gasteiger partial charge in [-0.3, -0.25) is 9.20 Å². The molecule has 0 aliphatic rings. The van der Waals surface area contributed by atoms with Crippen molar-refractivity contribution in [3.05, 3.63) is 112 Å². The van der Waals surface area contributed by atoms with Crippen LogP contribution in [0.1, 0.15) is 48.2 Å². The molecule has 0 fully saturated rings. The van der Waals surface area contributed by atoms with E-state index in [4.69, 9.17) is 10.7 Å². The van der Waals surface area contributed by atoms with E-state index in [1.54, 1.807) is 42.6 Å². The molecule has 0 spiro atoms. The second kappa shape index (κ2) is 11.2. The number of aryl methyl sites for hydroxylation is 1. The molecule has 0 amide bonds. The van der Waals surface area contributed by atoms with Crippen molar-refractivity contribution >= 4 is 15.7 Å². The molecule has 8 heteroatoms. The Morgan fingerprint density at radius 2 is 1.69 bits per heavy atom. The first kappa shape index (κ1) is 25.8. The summed E-state index contributed by atoms with van der Waals surface area (Å²) in [5.74, 6) is 0. The van der Waals surface area contributed by atoms with Crippen molar-refractivity contribution in [3.8, 4) is 0 Å². The van der Waals surface area contributed by atoms with Gasteiger partial charge in [0.05, 0.1) is 16.6 Å². The molecule has 2 aromatic carbocycles. The zero-order valence-electron chi connectivity index (χ0n) is 20.7. The maximum absolute atomic E-state index is 13.9. The van der Waals surface area contributed by atoms with Crippen molar-refractivity contribution in [3.63, 3.8) is 0 Å². The summed E-state index contributed by atoms with van der Waals surface area (Å²) in [5, 5.41) is 0. The molecular formula is C28H32N4O3S. The predicted molar refractivity (Wildman–Crippen MR) is 142 cm³/mol. The van der Waals surface area contributed by atoms with Crippen LogP contribution < -0.4 is 11.3 Å². The standard InChI is InChI=1S/C28H32N4O3S/c1-3-25(32(19-9-17-29)36(34,35)23-15-13-21(2)14-16-23)27-24(20-22-10-5-4-6-11-22)28(33)31-18-8-7-12-26(31)30-27/h4-8,10-16,18,25H,3,9,17,19-20,29H2,1-2H3. The van der Waals surface area contributed by atoms with Gasteiger partial charge in [0.2, 0.25) is 10.0 Å². The number of nitrogens with zero attached hydrogens (tertiary/aromatic N) is 3. The molecule has 36 heavy (non-hydrogen) atoms. The lowest BCUT2D eigenvalue weighted by Gasteiger charge is -2.31. The predicted octanol–water partition coefficient (Wildman–Crippen LogP) is 4.08. The topological polar surface area (TPSA) is 97.8 Å². The molecule has 0 bridgehead atoms. The fraction of sp³-hybridized carbons (Fsp3) is 0.286. The van der Waals surface area contributed by atoms with Crippen molar-refractivity contribution in [2.24, 2.45) is 5.73 Å². The number of fused-ring (bicyclic) bond motifs is 1. The van der Waals surface area contributed by atoms with Gasteiger partial charge in [0, 0.05) is 24.7 Å². The molecular weight excluding hydrogens is 472 g/mol. The lowest BCUT2D eigenvalue weighted by molar-refractivity contribution is 0.307. The largest absolute Gasteiger partial charge is 0.330 e. The molecule has 0 radical (unpaired) electrons. The average Bonchev–Trinajstić information content (AvgIpc) is 2.89. The fourth-order valence-corrected chi connectivity index (χ4v) is 6.16. The quantitative estimate of drug-likeness (QED) is 0.351. The Bertz CT molecular complexity index is 1480. The SMILES string of the molecule is CCC(c1nc2ccccn2c(=O)c1Cc1ccccc1)N(CCCN)S(=O)(=O)c1ccc(C)cc1. The van der Waals surface area contributed by atoms with Gasteiger partial charge in [0.15, 0.2) is 0 Å². The summed E-state index contributed by atoms with van der Waals surface area (Å²) in [7, 11) is -3.88. The minimum absolute atomic E-state index is 0.190. The number of hydrogen-bond acceptors (Lipinski definition) is 5. The molecule has 7 nitrogen and oxygen atoms in total. The third kappa shape index (κ3) is 5.26. The van der Waals surface area contributed by atoms with Crippen LogP contribution in [0.3, 0.4) is 0 Å². The van der Waals surface area contributed by atoms with E-state index in [9.17, 15) is 13.2 Å². The van der Waals surface area contributed by atoms with Gasteiger partial charge in [-0.2, -0.15) is 4.31 Å². The van der Waals surface area contributed by atoms with Crippen LogP contribution in [0.5, 0.6) is 0 Å². The van der Waals surface area contributed by atoms with Crippen molar-refractivity contribution in [2.45, 2.75) is 44.0 Å². The van der Waals surface area contributed by atoms with E-state index < -0.39 is 16.1 Å². The number of hydrogen-bond donors (Lipinski definition) is 1. The average molecular weight is 505 g/mol. The zero-order chi connectivity index (χ0) is 25.7.